The van der Waals surface area contributed by atoms with Gasteiger partial charge in [0.25, 0.3) is 0 Å². The van der Waals surface area contributed by atoms with E-state index in [1.165, 1.54) is 12.0 Å². The van der Waals surface area contributed by atoms with Crippen LogP contribution in [-0.4, -0.2) is 75.4 Å². The first-order valence-corrected chi connectivity index (χ1v) is 12.9. The average molecular weight is 505 g/mol. The maximum Gasteiger partial charge on any atom is 0.350 e. The number of nitrogens with zero attached hydrogens (tertiary/aromatic N) is 2. The molecule has 2 aliphatic rings. The maximum atomic E-state index is 13.8. The van der Waals surface area contributed by atoms with Gasteiger partial charge in [0.15, 0.2) is 0 Å². The molecule has 8 nitrogen and oxygen atoms in total. The molecule has 2 amide bonds. The molecule has 0 spiro atoms. The highest BCUT2D eigenvalue weighted by atomic mass is 32.1. The van der Waals surface area contributed by atoms with Gasteiger partial charge in [-0.25, -0.2) is 4.79 Å². The fraction of sp³-hybridized carbons (Fsp3) is 0.654. The molecule has 3 rings (SSSR count). The van der Waals surface area contributed by atoms with Crippen LogP contribution in [0.5, 0.6) is 0 Å². The van der Waals surface area contributed by atoms with Crippen molar-refractivity contribution in [3.8, 4) is 11.8 Å². The number of amides is 2. The van der Waals surface area contributed by atoms with Crippen molar-refractivity contribution in [2.75, 3.05) is 52.0 Å². The Balaban J connectivity index is 1.99. The highest BCUT2D eigenvalue weighted by Gasteiger charge is 2.34. The molecule has 0 N–H and O–H groups in total. The summed E-state index contributed by atoms with van der Waals surface area (Å²) < 4.78 is 15.8. The number of anilines is 1. The average Bonchev–Trinajstić information content (AvgIpc) is 3.30. The summed E-state index contributed by atoms with van der Waals surface area (Å²) in [7, 11) is 2.88. The van der Waals surface area contributed by atoms with Gasteiger partial charge >= 0.3 is 5.97 Å². The third kappa shape index (κ3) is 7.06. The van der Waals surface area contributed by atoms with Gasteiger partial charge in [-0.3, -0.25) is 9.59 Å². The van der Waals surface area contributed by atoms with Gasteiger partial charge in [-0.2, -0.15) is 0 Å². The lowest BCUT2D eigenvalue weighted by molar-refractivity contribution is -0.135. The zero-order chi connectivity index (χ0) is 25.6. The molecule has 1 aromatic heterocycles. The van der Waals surface area contributed by atoms with E-state index in [1.54, 1.807) is 18.1 Å². The number of methoxy groups -OCH3 is 2. The molecule has 1 saturated heterocycles. The number of hydrogen-bond acceptors (Lipinski definition) is 7. The molecule has 1 aromatic rings. The Kier molecular flexibility index (Phi) is 9.34. The van der Waals surface area contributed by atoms with Crippen LogP contribution in [0.3, 0.4) is 0 Å². The standard InChI is InChI=1S/C26H36N2O6S/c1-18-6-8-19(9-7-18)24(30)28(17-22(29)27-12-14-34-15-13-27)21-16-20(10-11-26(2,3)33-5)35-23(21)25(31)32-4/h16,18-19H,6-9,12-15,17H2,1-5H3. The van der Waals surface area contributed by atoms with Gasteiger partial charge in [0.05, 0.1) is 30.9 Å². The van der Waals surface area contributed by atoms with Crippen LogP contribution in [0.1, 0.15) is 61.0 Å². The van der Waals surface area contributed by atoms with Crippen molar-refractivity contribution < 1.29 is 28.6 Å². The van der Waals surface area contributed by atoms with Crippen LogP contribution in [0.4, 0.5) is 5.69 Å². The summed E-state index contributed by atoms with van der Waals surface area (Å²) >= 11 is 1.16. The largest absolute Gasteiger partial charge is 0.465 e. The normalized spacial score (nSPS) is 20.5. The molecule has 0 atom stereocenters. The van der Waals surface area contributed by atoms with Crippen LogP contribution in [0.15, 0.2) is 6.07 Å². The first kappa shape index (κ1) is 27.2. The number of rotatable bonds is 6. The molecule has 35 heavy (non-hydrogen) atoms. The Labute approximate surface area is 211 Å². The molecule has 1 saturated carbocycles. The van der Waals surface area contributed by atoms with Gasteiger partial charge in [-0.1, -0.05) is 18.8 Å². The van der Waals surface area contributed by atoms with Gasteiger partial charge in [0, 0.05) is 26.1 Å². The first-order chi connectivity index (χ1) is 16.6. The molecule has 0 bridgehead atoms. The summed E-state index contributed by atoms with van der Waals surface area (Å²) in [6.07, 6.45) is 3.49. The summed E-state index contributed by atoms with van der Waals surface area (Å²) in [6.45, 7) is 7.66. The fourth-order valence-corrected chi connectivity index (χ4v) is 5.14. The molecule has 0 aromatic carbocycles. The summed E-state index contributed by atoms with van der Waals surface area (Å²) in [5, 5.41) is 0. The smallest absolute Gasteiger partial charge is 0.350 e. The second kappa shape index (κ2) is 12.0. The Hall–Kier alpha value is -2.41. The van der Waals surface area contributed by atoms with E-state index >= 15 is 0 Å². The van der Waals surface area contributed by atoms with Crippen LogP contribution in [0, 0.1) is 23.7 Å². The van der Waals surface area contributed by atoms with Gasteiger partial charge in [0.1, 0.15) is 17.0 Å². The summed E-state index contributed by atoms with van der Waals surface area (Å²) in [5.74, 6) is 5.65. The Morgan fingerprint density at radius 2 is 1.83 bits per heavy atom. The number of morpholine rings is 1. The van der Waals surface area contributed by atoms with E-state index in [1.807, 2.05) is 13.8 Å². The number of thiophene rings is 1. The van der Waals surface area contributed by atoms with Crippen molar-refractivity contribution in [2.24, 2.45) is 11.8 Å². The van der Waals surface area contributed by atoms with Crippen molar-refractivity contribution in [1.82, 2.24) is 4.90 Å². The minimum atomic E-state index is -0.670. The molecule has 9 heteroatoms. The van der Waals surface area contributed by atoms with Crippen molar-refractivity contribution in [1.29, 1.82) is 0 Å². The highest BCUT2D eigenvalue weighted by Crippen LogP contribution is 2.35. The van der Waals surface area contributed by atoms with Gasteiger partial charge in [-0.15, -0.1) is 11.3 Å². The Bertz CT molecular complexity index is 978. The Morgan fingerprint density at radius 3 is 2.43 bits per heavy atom. The van der Waals surface area contributed by atoms with Crippen LogP contribution in [0.2, 0.25) is 0 Å². The monoisotopic (exact) mass is 504 g/mol. The van der Waals surface area contributed by atoms with Crippen LogP contribution in [0.25, 0.3) is 0 Å². The molecule has 1 aliphatic carbocycles. The molecule has 2 heterocycles. The minimum Gasteiger partial charge on any atom is -0.465 e. The SMILES string of the molecule is COC(=O)c1sc(C#CC(C)(C)OC)cc1N(CC(=O)N1CCOCC1)C(=O)C1CCC(C)CC1. The lowest BCUT2D eigenvalue weighted by atomic mass is 9.82. The van der Waals surface area contributed by atoms with Crippen molar-refractivity contribution >= 4 is 34.8 Å². The molecule has 1 aliphatic heterocycles. The molecule has 0 unspecified atom stereocenters. The third-order valence-corrected chi connectivity index (χ3v) is 7.68. The zero-order valence-electron chi connectivity index (χ0n) is 21.3. The molecular weight excluding hydrogens is 468 g/mol. The molecule has 0 radical (unpaired) electrons. The van der Waals surface area contributed by atoms with E-state index in [0.29, 0.717) is 42.8 Å². The molecule has 192 valence electrons. The predicted molar refractivity (Wildman–Crippen MR) is 134 cm³/mol. The van der Waals surface area contributed by atoms with Gasteiger partial charge in [0.2, 0.25) is 11.8 Å². The van der Waals surface area contributed by atoms with Crippen molar-refractivity contribution in [2.45, 2.75) is 52.1 Å². The summed E-state index contributed by atoms with van der Waals surface area (Å²) in [6, 6.07) is 1.71. The van der Waals surface area contributed by atoms with E-state index < -0.39 is 11.6 Å². The third-order valence-electron chi connectivity index (χ3n) is 6.66. The number of hydrogen-bond donors (Lipinski definition) is 0. The van der Waals surface area contributed by atoms with Gasteiger partial charge in [-0.05, 0) is 51.5 Å². The lowest BCUT2D eigenvalue weighted by Crippen LogP contribution is -2.49. The van der Waals surface area contributed by atoms with Crippen molar-refractivity contribution in [3.63, 3.8) is 0 Å². The second-order valence-corrected chi connectivity index (χ2v) is 10.7. The van der Waals surface area contributed by atoms with Crippen LogP contribution < -0.4 is 4.90 Å². The van der Waals surface area contributed by atoms with E-state index in [-0.39, 0.29) is 29.2 Å². The number of ether oxygens (including phenoxy) is 3. The number of carbonyl (C=O) groups is 3. The van der Waals surface area contributed by atoms with Crippen LogP contribution >= 0.6 is 11.3 Å². The number of carbonyl (C=O) groups excluding carboxylic acids is 3. The van der Waals surface area contributed by atoms with Crippen LogP contribution in [-0.2, 0) is 23.8 Å². The van der Waals surface area contributed by atoms with E-state index in [0.717, 1.165) is 37.0 Å². The molecular formula is C26H36N2O6S. The fourth-order valence-electron chi connectivity index (χ4n) is 4.20. The first-order valence-electron chi connectivity index (χ1n) is 12.1. The van der Waals surface area contributed by atoms with E-state index in [4.69, 9.17) is 14.2 Å². The minimum absolute atomic E-state index is 0.127. The van der Waals surface area contributed by atoms with Crippen molar-refractivity contribution in [3.05, 3.63) is 15.8 Å². The molecule has 2 fully saturated rings. The van der Waals surface area contributed by atoms with E-state index in [9.17, 15) is 14.4 Å². The predicted octanol–water partition coefficient (Wildman–Crippen LogP) is 3.33. The lowest BCUT2D eigenvalue weighted by Gasteiger charge is -2.33. The number of esters is 1. The summed E-state index contributed by atoms with van der Waals surface area (Å²) in [5.41, 5.74) is -0.289. The van der Waals surface area contributed by atoms with Gasteiger partial charge < -0.3 is 24.0 Å². The second-order valence-electron chi connectivity index (χ2n) is 9.66. The Morgan fingerprint density at radius 1 is 1.17 bits per heavy atom. The summed E-state index contributed by atoms with van der Waals surface area (Å²) in [4.78, 5) is 43.7. The maximum absolute atomic E-state index is 13.8. The highest BCUT2D eigenvalue weighted by molar-refractivity contribution is 7.15. The topological polar surface area (TPSA) is 85.4 Å². The van der Waals surface area contributed by atoms with E-state index in [2.05, 4.69) is 18.8 Å². The quantitative estimate of drug-likeness (QED) is 0.436. The zero-order valence-corrected chi connectivity index (χ0v) is 22.2.